The van der Waals surface area contributed by atoms with Gasteiger partial charge in [0.15, 0.2) is 0 Å². The maximum Gasteiger partial charge on any atom is 0.282 e. The van der Waals surface area contributed by atoms with Crippen LogP contribution in [0, 0.1) is 4.91 Å². The maximum absolute atomic E-state index is 10.3. The van der Waals surface area contributed by atoms with E-state index in [0.717, 1.165) is 17.3 Å². The smallest absolute Gasteiger partial charge is 0.282 e. The Kier molecular flexibility index (Phi) is 4.23. The number of rotatable bonds is 5. The first-order chi connectivity index (χ1) is 9.24. The highest BCUT2D eigenvalue weighted by Gasteiger charge is 1.98. The van der Waals surface area contributed by atoms with Gasteiger partial charge in [-0.05, 0) is 17.2 Å². The van der Waals surface area contributed by atoms with Gasteiger partial charge in [-0.3, -0.25) is 0 Å². The second-order valence-corrected chi connectivity index (χ2v) is 3.82. The number of hydrogen-bond acceptors (Lipinski definition) is 3. The summed E-state index contributed by atoms with van der Waals surface area (Å²) in [5.74, 6) is 0.578. The van der Waals surface area contributed by atoms with E-state index in [9.17, 15) is 4.91 Å². The van der Waals surface area contributed by atoms with E-state index in [4.69, 9.17) is 9.94 Å². The van der Waals surface area contributed by atoms with Crippen LogP contribution in [0.15, 0.2) is 54.9 Å². The van der Waals surface area contributed by atoms with Gasteiger partial charge in [-0.2, -0.15) is 0 Å². The third kappa shape index (κ3) is 4.23. The Hall–Kier alpha value is -2.69. The first-order valence-corrected chi connectivity index (χ1v) is 5.70. The van der Waals surface area contributed by atoms with Crippen LogP contribution >= 0.6 is 0 Å². The van der Waals surface area contributed by atoms with Gasteiger partial charge in [0.25, 0.3) is 6.20 Å². The third-order valence-electron chi connectivity index (χ3n) is 2.40. The lowest BCUT2D eigenvalue weighted by Crippen LogP contribution is -1.96. The molecule has 0 aliphatic carbocycles. The zero-order valence-electron chi connectivity index (χ0n) is 10.1. The second-order valence-electron chi connectivity index (χ2n) is 3.82. The molecule has 5 heteroatoms. The molecule has 1 aromatic carbocycles. The first-order valence-electron chi connectivity index (χ1n) is 5.70. The second kappa shape index (κ2) is 6.30. The van der Waals surface area contributed by atoms with Crippen LogP contribution in [0.4, 0.5) is 0 Å². The Morgan fingerprint density at radius 2 is 2.00 bits per heavy atom. The molecule has 0 aliphatic rings. The molecule has 5 nitrogen and oxygen atoms in total. The van der Waals surface area contributed by atoms with Gasteiger partial charge >= 0.3 is 0 Å². The average Bonchev–Trinajstić information content (AvgIpc) is 2.45. The molecule has 0 fully saturated rings. The zero-order valence-corrected chi connectivity index (χ0v) is 10.1. The molecule has 0 bridgehead atoms. The molecule has 0 unspecified atom stereocenters. The highest BCUT2D eigenvalue weighted by molar-refractivity contribution is 5.48. The monoisotopic (exact) mass is 257 g/mol. The number of pyridine rings is 1. The number of aromatic nitrogens is 1. The number of nitrogens with zero attached hydrogens (tertiary/aromatic N) is 2. The predicted octanol–water partition coefficient (Wildman–Crippen LogP) is 2.80. The fourth-order valence-electron chi connectivity index (χ4n) is 1.46. The summed E-state index contributed by atoms with van der Waals surface area (Å²) in [5, 5.41) is 8.44. The minimum absolute atomic E-state index is 0.238. The summed E-state index contributed by atoms with van der Waals surface area (Å²) in [4.78, 5) is 14.1. The molecule has 19 heavy (non-hydrogen) atoms. The topological polar surface area (TPSA) is 62.4 Å². The lowest BCUT2D eigenvalue weighted by molar-refractivity contribution is -0.741. The van der Waals surface area contributed by atoms with E-state index in [-0.39, 0.29) is 4.92 Å². The maximum atomic E-state index is 10.3. The van der Waals surface area contributed by atoms with Crippen molar-refractivity contribution in [2.75, 3.05) is 0 Å². The SMILES string of the molecule is O=[N+](O)/C=C/c1ccc(COc2ccccn2)cc1. The molecular weight excluding hydrogens is 244 g/mol. The molecule has 2 aromatic rings. The van der Waals surface area contributed by atoms with Crippen molar-refractivity contribution in [1.29, 1.82) is 0 Å². The summed E-state index contributed by atoms with van der Waals surface area (Å²) >= 11 is 0. The molecule has 0 aliphatic heterocycles. The van der Waals surface area contributed by atoms with E-state index >= 15 is 0 Å². The standard InChI is InChI=1S/C14H13N2O3/c17-16(18)10-8-12-4-6-13(7-5-12)11-19-14-3-1-2-9-15-14/h1-10H,11H2,(H,17,18)/q+1/b10-8+. The molecule has 0 saturated carbocycles. The normalized spacial score (nSPS) is 10.5. The Labute approximate surface area is 110 Å². The van der Waals surface area contributed by atoms with Crippen molar-refractivity contribution in [1.82, 2.24) is 4.98 Å². The molecule has 0 amide bonds. The van der Waals surface area contributed by atoms with Gasteiger partial charge in [-0.1, -0.05) is 30.3 Å². The van der Waals surface area contributed by atoms with Gasteiger partial charge in [-0.15, -0.1) is 0 Å². The van der Waals surface area contributed by atoms with Gasteiger partial charge < -0.3 is 4.74 Å². The van der Waals surface area contributed by atoms with E-state index < -0.39 is 0 Å². The Morgan fingerprint density at radius 1 is 1.21 bits per heavy atom. The first kappa shape index (κ1) is 12.8. The summed E-state index contributed by atoms with van der Waals surface area (Å²) in [5.41, 5.74) is 1.81. The fourth-order valence-corrected chi connectivity index (χ4v) is 1.46. The molecule has 0 spiro atoms. The van der Waals surface area contributed by atoms with Gasteiger partial charge in [0.05, 0.1) is 4.91 Å². The van der Waals surface area contributed by atoms with Crippen LogP contribution in [-0.2, 0) is 6.61 Å². The summed E-state index contributed by atoms with van der Waals surface area (Å²) in [7, 11) is 0. The number of hydrogen-bond donors (Lipinski definition) is 1. The highest BCUT2D eigenvalue weighted by atomic mass is 16.6. The lowest BCUT2D eigenvalue weighted by Gasteiger charge is -2.04. The minimum Gasteiger partial charge on any atom is -0.473 e. The zero-order chi connectivity index (χ0) is 13.5. The van der Waals surface area contributed by atoms with E-state index in [1.807, 2.05) is 36.4 Å². The van der Waals surface area contributed by atoms with Gasteiger partial charge in [0, 0.05) is 18.3 Å². The Morgan fingerprint density at radius 3 is 2.63 bits per heavy atom. The Balaban J connectivity index is 1.94. The van der Waals surface area contributed by atoms with Gasteiger partial charge in [0.2, 0.25) is 10.8 Å². The summed E-state index contributed by atoms with van der Waals surface area (Å²) < 4.78 is 5.50. The molecule has 2 rings (SSSR count). The van der Waals surface area contributed by atoms with Crippen molar-refractivity contribution in [3.05, 3.63) is 70.9 Å². The van der Waals surface area contributed by atoms with Crippen LogP contribution in [0.1, 0.15) is 11.1 Å². The third-order valence-corrected chi connectivity index (χ3v) is 2.40. The van der Waals surface area contributed by atoms with E-state index in [0.29, 0.717) is 12.5 Å². The predicted molar refractivity (Wildman–Crippen MR) is 69.5 cm³/mol. The van der Waals surface area contributed by atoms with Crippen molar-refractivity contribution in [3.63, 3.8) is 0 Å². The molecule has 0 atom stereocenters. The van der Waals surface area contributed by atoms with Crippen molar-refractivity contribution < 1.29 is 14.9 Å². The van der Waals surface area contributed by atoms with Crippen LogP contribution in [0.25, 0.3) is 6.08 Å². The molecule has 0 radical (unpaired) electrons. The summed E-state index contributed by atoms with van der Waals surface area (Å²) in [6.45, 7) is 0.425. The molecular formula is C14H13N2O3+. The largest absolute Gasteiger partial charge is 0.473 e. The molecule has 1 N–H and O–H groups in total. The number of benzene rings is 1. The summed E-state index contributed by atoms with van der Waals surface area (Å²) in [6.07, 6.45) is 4.21. The molecule has 1 heterocycles. The average molecular weight is 257 g/mol. The quantitative estimate of drug-likeness (QED) is 0.836. The van der Waals surface area contributed by atoms with Crippen LogP contribution in [0.3, 0.4) is 0 Å². The fraction of sp³-hybridized carbons (Fsp3) is 0.0714. The van der Waals surface area contributed by atoms with Crippen molar-refractivity contribution >= 4 is 6.08 Å². The van der Waals surface area contributed by atoms with Gasteiger partial charge in [-0.25, -0.2) is 10.2 Å². The minimum atomic E-state index is -0.238. The van der Waals surface area contributed by atoms with Crippen LogP contribution in [-0.4, -0.2) is 15.1 Å². The Bertz CT molecular complexity index is 565. The van der Waals surface area contributed by atoms with Crippen LogP contribution in [0.5, 0.6) is 5.88 Å². The lowest BCUT2D eigenvalue weighted by atomic mass is 10.1. The van der Waals surface area contributed by atoms with E-state index in [2.05, 4.69) is 4.98 Å². The molecule has 1 aromatic heterocycles. The van der Waals surface area contributed by atoms with Crippen molar-refractivity contribution in [3.8, 4) is 5.88 Å². The van der Waals surface area contributed by atoms with Gasteiger partial charge in [0.1, 0.15) is 6.61 Å². The summed E-state index contributed by atoms with van der Waals surface area (Å²) in [6, 6.07) is 12.9. The van der Waals surface area contributed by atoms with Crippen molar-refractivity contribution in [2.45, 2.75) is 6.61 Å². The number of ether oxygens (including phenoxy) is 1. The van der Waals surface area contributed by atoms with Crippen molar-refractivity contribution in [2.24, 2.45) is 0 Å². The van der Waals surface area contributed by atoms with Crippen LogP contribution < -0.4 is 4.74 Å². The van der Waals surface area contributed by atoms with E-state index in [1.54, 1.807) is 12.3 Å². The van der Waals surface area contributed by atoms with E-state index in [1.165, 1.54) is 6.08 Å². The molecule has 96 valence electrons. The highest BCUT2D eigenvalue weighted by Crippen LogP contribution is 2.10. The molecule has 0 saturated heterocycles. The van der Waals surface area contributed by atoms with Crippen LogP contribution in [0.2, 0.25) is 0 Å².